The third-order valence-electron chi connectivity index (χ3n) is 4.90. The van der Waals surface area contributed by atoms with E-state index in [1.165, 1.54) is 0 Å². The molecule has 0 aliphatic carbocycles. The van der Waals surface area contributed by atoms with Crippen LogP contribution in [0, 0.1) is 0 Å². The van der Waals surface area contributed by atoms with Gasteiger partial charge in [0.2, 0.25) is 0 Å². The van der Waals surface area contributed by atoms with Crippen LogP contribution in [0.1, 0.15) is 18.4 Å². The predicted octanol–water partition coefficient (Wildman–Crippen LogP) is 1.16. The van der Waals surface area contributed by atoms with Crippen molar-refractivity contribution in [1.29, 1.82) is 0 Å². The molecule has 1 fully saturated rings. The van der Waals surface area contributed by atoms with Crippen molar-refractivity contribution >= 4 is 39.4 Å². The smallest absolute Gasteiger partial charge is 0.318 e. The molecule has 2 aromatic rings. The fourth-order valence-corrected chi connectivity index (χ4v) is 5.41. The Morgan fingerprint density at radius 2 is 2.03 bits per heavy atom. The molecule has 30 heavy (non-hydrogen) atoms. The topological polar surface area (TPSA) is 137 Å². The molecule has 12 heteroatoms. The molecule has 160 valence electrons. The van der Waals surface area contributed by atoms with Gasteiger partial charge in [-0.05, 0) is 30.5 Å². The molecule has 4 rings (SSSR count). The van der Waals surface area contributed by atoms with Crippen LogP contribution in [0.3, 0.4) is 0 Å². The second kappa shape index (κ2) is 8.86. The minimum atomic E-state index is -3.81. The molecule has 0 atom stereocenters. The first-order valence-electron chi connectivity index (χ1n) is 9.48. The van der Waals surface area contributed by atoms with Crippen molar-refractivity contribution in [2.45, 2.75) is 35.3 Å². The molecule has 10 nitrogen and oxygen atoms in total. The quantitative estimate of drug-likeness (QED) is 0.418. The number of likely N-dealkylation sites (tertiary alicyclic amines) is 1. The summed E-state index contributed by atoms with van der Waals surface area (Å²) < 4.78 is 28.3. The van der Waals surface area contributed by atoms with Crippen LogP contribution in [0.25, 0.3) is 0 Å². The molecule has 0 radical (unpaired) electrons. The van der Waals surface area contributed by atoms with Crippen molar-refractivity contribution in [3.63, 3.8) is 0 Å². The molecule has 3 heterocycles. The number of rotatable bonds is 7. The zero-order valence-electron chi connectivity index (χ0n) is 16.0. The average Bonchev–Trinajstić information content (AvgIpc) is 2.72. The van der Waals surface area contributed by atoms with Crippen molar-refractivity contribution in [2.24, 2.45) is 0 Å². The minimum absolute atomic E-state index is 0.204. The maximum atomic E-state index is 11.9. The number of fused-ring (bicyclic) bond motifs is 2. The largest absolute Gasteiger partial charge is 0.480 e. The van der Waals surface area contributed by atoms with E-state index in [1.807, 2.05) is 4.72 Å². The van der Waals surface area contributed by atoms with Gasteiger partial charge in [-0.15, -0.1) is 0 Å². The van der Waals surface area contributed by atoms with Crippen LogP contribution in [-0.2, 0) is 21.5 Å². The summed E-state index contributed by atoms with van der Waals surface area (Å²) in [5.41, 5.74) is 2.17. The van der Waals surface area contributed by atoms with Crippen LogP contribution in [0.5, 0.6) is 0 Å². The summed E-state index contributed by atoms with van der Waals surface area (Å²) in [5.74, 6) is -0.458. The highest BCUT2D eigenvalue weighted by molar-refractivity contribution is 7.99. The van der Waals surface area contributed by atoms with Gasteiger partial charge in [-0.25, -0.2) is 9.97 Å². The average molecular weight is 451 g/mol. The molecule has 0 saturated carbocycles. The number of hydrogen-bond acceptors (Lipinski definition) is 8. The van der Waals surface area contributed by atoms with Crippen molar-refractivity contribution in [2.75, 3.05) is 25.0 Å². The number of aliphatic carboxylic acids is 1. The molecule has 2 aliphatic heterocycles. The molecular formula is C18H22N6O4S2. The number of carbonyl (C=O) groups is 1. The summed E-state index contributed by atoms with van der Waals surface area (Å²) in [7, 11) is -3.81. The van der Waals surface area contributed by atoms with Gasteiger partial charge in [0.15, 0.2) is 5.82 Å². The Morgan fingerprint density at radius 3 is 2.80 bits per heavy atom. The molecule has 0 unspecified atom stereocenters. The van der Waals surface area contributed by atoms with Gasteiger partial charge in [0.1, 0.15) is 11.6 Å². The SMILES string of the molecule is O=C(O)CNS(=O)(=O)NC1CCN(Cc2ccc3c(c2)Nc2nccnc2S3)CC1. The Morgan fingerprint density at radius 1 is 1.27 bits per heavy atom. The normalized spacial score (nSPS) is 17.1. The number of anilines is 2. The molecule has 0 amide bonds. The van der Waals surface area contributed by atoms with E-state index in [9.17, 15) is 13.2 Å². The second-order valence-corrected chi connectivity index (χ2v) is 9.72. The lowest BCUT2D eigenvalue weighted by Gasteiger charge is -2.32. The van der Waals surface area contributed by atoms with Crippen LogP contribution in [0.2, 0.25) is 0 Å². The molecule has 0 spiro atoms. The number of nitrogens with one attached hydrogen (secondary N) is 3. The predicted molar refractivity (Wildman–Crippen MR) is 112 cm³/mol. The van der Waals surface area contributed by atoms with Gasteiger partial charge >= 0.3 is 5.97 Å². The summed E-state index contributed by atoms with van der Waals surface area (Å²) in [6.45, 7) is 1.64. The summed E-state index contributed by atoms with van der Waals surface area (Å²) >= 11 is 1.59. The maximum Gasteiger partial charge on any atom is 0.318 e. The molecule has 1 saturated heterocycles. The minimum Gasteiger partial charge on any atom is -0.480 e. The van der Waals surface area contributed by atoms with Crippen LogP contribution in [-0.4, -0.2) is 60.0 Å². The number of carboxylic acid groups (broad SMARTS) is 1. The number of piperidine rings is 1. The van der Waals surface area contributed by atoms with E-state index in [0.29, 0.717) is 12.8 Å². The van der Waals surface area contributed by atoms with Gasteiger partial charge in [0, 0.05) is 43.0 Å². The highest BCUT2D eigenvalue weighted by atomic mass is 32.2. The van der Waals surface area contributed by atoms with E-state index < -0.39 is 22.7 Å². The Labute approximate surface area is 178 Å². The third-order valence-corrected chi connectivity index (χ3v) is 7.13. The van der Waals surface area contributed by atoms with Crippen LogP contribution >= 0.6 is 11.8 Å². The molecule has 4 N–H and O–H groups in total. The van der Waals surface area contributed by atoms with Gasteiger partial charge in [0.05, 0.1) is 5.69 Å². The molecule has 1 aromatic heterocycles. The first-order valence-corrected chi connectivity index (χ1v) is 11.8. The first-order chi connectivity index (χ1) is 14.4. The van der Waals surface area contributed by atoms with Crippen molar-refractivity contribution < 1.29 is 18.3 Å². The highest BCUT2D eigenvalue weighted by Crippen LogP contribution is 2.42. The molecule has 2 aliphatic rings. The van der Waals surface area contributed by atoms with Gasteiger partial charge in [-0.2, -0.15) is 17.9 Å². The summed E-state index contributed by atoms with van der Waals surface area (Å²) in [4.78, 5) is 22.6. The molecular weight excluding hydrogens is 428 g/mol. The van der Waals surface area contributed by atoms with Crippen molar-refractivity contribution in [1.82, 2.24) is 24.3 Å². The number of carboxylic acids is 1. The summed E-state index contributed by atoms with van der Waals surface area (Å²) in [6.07, 6.45) is 4.67. The van der Waals surface area contributed by atoms with Crippen molar-refractivity contribution in [3.8, 4) is 0 Å². The second-order valence-electron chi connectivity index (χ2n) is 7.15. The Balaban J connectivity index is 1.30. The lowest BCUT2D eigenvalue weighted by molar-refractivity contribution is -0.135. The van der Waals surface area contributed by atoms with E-state index in [1.54, 1.807) is 24.2 Å². The van der Waals surface area contributed by atoms with Crippen LogP contribution < -0.4 is 14.8 Å². The first kappa shape index (κ1) is 21.0. The van der Waals surface area contributed by atoms with Gasteiger partial charge in [0.25, 0.3) is 10.2 Å². The fraction of sp³-hybridized carbons (Fsp3) is 0.389. The maximum absolute atomic E-state index is 11.9. The Kier molecular flexibility index (Phi) is 6.20. The Hall–Kier alpha value is -2.25. The highest BCUT2D eigenvalue weighted by Gasteiger charge is 2.24. The standard InChI is InChI=1S/C18H22N6O4S2/c25-16(26)10-21-30(27,28)23-13-3-7-24(8-4-13)11-12-1-2-15-14(9-12)22-17-18(29-15)20-6-5-19-17/h1-2,5-6,9,13,21,23H,3-4,7-8,10-11H2,(H,19,22)(H,25,26). The van der Waals surface area contributed by atoms with E-state index >= 15 is 0 Å². The zero-order valence-corrected chi connectivity index (χ0v) is 17.7. The number of aromatic nitrogens is 2. The number of benzene rings is 1. The van der Waals surface area contributed by atoms with E-state index in [-0.39, 0.29) is 6.04 Å². The van der Waals surface area contributed by atoms with Gasteiger partial charge in [-0.1, -0.05) is 17.8 Å². The lowest BCUT2D eigenvalue weighted by atomic mass is 10.1. The monoisotopic (exact) mass is 450 g/mol. The number of nitrogens with zero attached hydrogens (tertiary/aromatic N) is 3. The third kappa shape index (κ3) is 5.26. The van der Waals surface area contributed by atoms with Gasteiger partial charge in [-0.3, -0.25) is 9.69 Å². The molecule has 1 aromatic carbocycles. The summed E-state index contributed by atoms with van der Waals surface area (Å²) in [5, 5.41) is 12.8. The number of hydrogen-bond donors (Lipinski definition) is 4. The Bertz CT molecular complexity index is 1040. The molecule has 0 bridgehead atoms. The van der Waals surface area contributed by atoms with E-state index in [0.717, 1.165) is 46.6 Å². The van der Waals surface area contributed by atoms with Crippen molar-refractivity contribution in [3.05, 3.63) is 36.2 Å². The lowest BCUT2D eigenvalue weighted by Crippen LogP contribution is -2.48. The van der Waals surface area contributed by atoms with Crippen LogP contribution in [0.4, 0.5) is 11.5 Å². The fourth-order valence-electron chi connectivity index (χ4n) is 3.46. The van der Waals surface area contributed by atoms with E-state index in [4.69, 9.17) is 5.11 Å². The summed E-state index contributed by atoms with van der Waals surface area (Å²) in [6, 6.07) is 6.09. The van der Waals surface area contributed by atoms with Crippen LogP contribution in [0.15, 0.2) is 40.5 Å². The van der Waals surface area contributed by atoms with Gasteiger partial charge < -0.3 is 10.4 Å². The zero-order chi connectivity index (χ0) is 21.1. The van der Waals surface area contributed by atoms with E-state index in [2.05, 4.69) is 43.1 Å².